The number of nitriles is 1. The lowest BCUT2D eigenvalue weighted by molar-refractivity contribution is 0.0959. The molecule has 0 fully saturated rings. The second-order valence-corrected chi connectivity index (χ2v) is 2.79. The van der Waals surface area contributed by atoms with E-state index < -0.39 is 0 Å². The first-order valence-corrected chi connectivity index (χ1v) is 4.27. The number of nitrogens with two attached hydrogens (primary N) is 1. The molecule has 0 radical (unpaired) electrons. The van der Waals surface area contributed by atoms with Crippen LogP contribution in [-0.4, -0.2) is 19.6 Å². The van der Waals surface area contributed by atoms with Crippen LogP contribution in [0.1, 0.15) is 10.4 Å². The molecule has 0 spiro atoms. The molecule has 3 N–H and O–H groups in total. The number of nitrogens with zero attached hydrogens (tertiary/aromatic N) is 1. The fourth-order valence-corrected chi connectivity index (χ4v) is 1.07. The van der Waals surface area contributed by atoms with E-state index in [0.717, 1.165) is 0 Å². The molecular weight excluding hydrogens is 194 g/mol. The first-order valence-electron chi connectivity index (χ1n) is 4.27. The molecule has 15 heavy (non-hydrogen) atoms. The lowest BCUT2D eigenvalue weighted by Crippen LogP contribution is -2.24. The second kappa shape index (κ2) is 4.86. The second-order valence-electron chi connectivity index (χ2n) is 2.79. The molecule has 0 bridgehead atoms. The van der Waals surface area contributed by atoms with Crippen molar-refractivity contribution >= 4 is 11.6 Å². The number of anilines is 1. The van der Waals surface area contributed by atoms with Crippen LogP contribution >= 0.6 is 0 Å². The minimum atomic E-state index is -0.382. The van der Waals surface area contributed by atoms with Gasteiger partial charge in [0.1, 0.15) is 12.3 Å². The minimum Gasteiger partial charge on any atom is -0.497 e. The van der Waals surface area contributed by atoms with E-state index >= 15 is 0 Å². The Labute approximate surface area is 87.4 Å². The molecule has 0 unspecified atom stereocenters. The van der Waals surface area contributed by atoms with Crippen LogP contribution in [0.5, 0.6) is 5.75 Å². The number of nitrogen functional groups attached to an aromatic ring is 1. The molecule has 1 aromatic rings. The molecule has 5 heteroatoms. The Morgan fingerprint density at radius 2 is 2.40 bits per heavy atom. The van der Waals surface area contributed by atoms with Gasteiger partial charge in [0.25, 0.3) is 5.91 Å². The van der Waals surface area contributed by atoms with Gasteiger partial charge in [-0.3, -0.25) is 4.79 Å². The van der Waals surface area contributed by atoms with Gasteiger partial charge in [-0.25, -0.2) is 0 Å². The van der Waals surface area contributed by atoms with Crippen LogP contribution in [0.15, 0.2) is 18.2 Å². The molecule has 0 heterocycles. The topological polar surface area (TPSA) is 88.1 Å². The fourth-order valence-electron chi connectivity index (χ4n) is 1.07. The lowest BCUT2D eigenvalue weighted by atomic mass is 10.1. The van der Waals surface area contributed by atoms with E-state index in [1.165, 1.54) is 13.2 Å². The summed E-state index contributed by atoms with van der Waals surface area (Å²) in [4.78, 5) is 11.5. The molecule has 78 valence electrons. The van der Waals surface area contributed by atoms with E-state index in [9.17, 15) is 4.79 Å². The number of carbonyl (C=O) groups excluding carboxylic acids is 1. The summed E-state index contributed by atoms with van der Waals surface area (Å²) in [6.07, 6.45) is 0. The normalized spacial score (nSPS) is 9.07. The van der Waals surface area contributed by atoms with Gasteiger partial charge in [-0.15, -0.1) is 0 Å². The molecule has 0 atom stereocenters. The highest BCUT2D eigenvalue weighted by molar-refractivity contribution is 5.99. The summed E-state index contributed by atoms with van der Waals surface area (Å²) >= 11 is 0. The number of ether oxygens (including phenoxy) is 1. The number of rotatable bonds is 3. The molecule has 0 saturated carbocycles. The monoisotopic (exact) mass is 205 g/mol. The summed E-state index contributed by atoms with van der Waals surface area (Å²) < 4.78 is 4.96. The Morgan fingerprint density at radius 3 is 3.00 bits per heavy atom. The highest BCUT2D eigenvalue weighted by Gasteiger charge is 2.09. The third kappa shape index (κ3) is 2.61. The average Bonchev–Trinajstić information content (AvgIpc) is 2.26. The zero-order valence-electron chi connectivity index (χ0n) is 8.28. The number of carbonyl (C=O) groups is 1. The molecular formula is C10H11N3O2. The van der Waals surface area contributed by atoms with E-state index in [-0.39, 0.29) is 12.5 Å². The maximum atomic E-state index is 11.5. The third-order valence-corrected chi connectivity index (χ3v) is 1.83. The molecule has 1 rings (SSSR count). The summed E-state index contributed by atoms with van der Waals surface area (Å²) in [6, 6.07) is 6.59. The molecule has 0 aliphatic heterocycles. The summed E-state index contributed by atoms with van der Waals surface area (Å²) in [5.74, 6) is 0.166. The summed E-state index contributed by atoms with van der Waals surface area (Å²) in [7, 11) is 1.50. The van der Waals surface area contributed by atoms with Crippen LogP contribution in [-0.2, 0) is 0 Å². The molecule has 0 aliphatic carbocycles. The van der Waals surface area contributed by atoms with Crippen molar-refractivity contribution in [2.75, 3.05) is 19.4 Å². The zero-order chi connectivity index (χ0) is 11.3. The third-order valence-electron chi connectivity index (χ3n) is 1.83. The number of hydrogen-bond donors (Lipinski definition) is 2. The molecule has 1 amide bonds. The summed E-state index contributed by atoms with van der Waals surface area (Å²) in [5, 5.41) is 10.7. The van der Waals surface area contributed by atoms with Crippen molar-refractivity contribution in [2.24, 2.45) is 0 Å². The zero-order valence-corrected chi connectivity index (χ0v) is 8.28. The van der Waals surface area contributed by atoms with Gasteiger partial charge < -0.3 is 15.8 Å². The van der Waals surface area contributed by atoms with Crippen molar-refractivity contribution < 1.29 is 9.53 Å². The van der Waals surface area contributed by atoms with Crippen molar-refractivity contribution in [3.05, 3.63) is 23.8 Å². The number of methoxy groups -OCH3 is 1. The van der Waals surface area contributed by atoms with Crippen LogP contribution in [0.25, 0.3) is 0 Å². The largest absolute Gasteiger partial charge is 0.497 e. The van der Waals surface area contributed by atoms with Gasteiger partial charge in [-0.2, -0.15) is 5.26 Å². The SMILES string of the molecule is COc1ccc(N)c(C(=O)NCC#N)c1. The first kappa shape index (κ1) is 10.9. The van der Waals surface area contributed by atoms with E-state index in [2.05, 4.69) is 5.32 Å². The van der Waals surface area contributed by atoms with Gasteiger partial charge in [0.05, 0.1) is 18.7 Å². The average molecular weight is 205 g/mol. The Balaban J connectivity index is 2.92. The fraction of sp³-hybridized carbons (Fsp3) is 0.200. The van der Waals surface area contributed by atoms with Gasteiger partial charge in [-0.05, 0) is 18.2 Å². The van der Waals surface area contributed by atoms with Crippen LogP contribution in [0.2, 0.25) is 0 Å². The van der Waals surface area contributed by atoms with Crippen molar-refractivity contribution in [2.45, 2.75) is 0 Å². The molecule has 0 aliphatic rings. The molecule has 0 aromatic heterocycles. The van der Waals surface area contributed by atoms with Crippen LogP contribution in [0, 0.1) is 11.3 Å². The van der Waals surface area contributed by atoms with Gasteiger partial charge in [0.15, 0.2) is 0 Å². The van der Waals surface area contributed by atoms with E-state index in [0.29, 0.717) is 17.0 Å². The van der Waals surface area contributed by atoms with Gasteiger partial charge >= 0.3 is 0 Å². The van der Waals surface area contributed by atoms with E-state index in [4.69, 9.17) is 15.7 Å². The van der Waals surface area contributed by atoms with E-state index in [1.54, 1.807) is 12.1 Å². The first-order chi connectivity index (χ1) is 7.19. The van der Waals surface area contributed by atoms with Crippen molar-refractivity contribution in [1.82, 2.24) is 5.32 Å². The number of benzene rings is 1. The molecule has 0 saturated heterocycles. The summed E-state index contributed by atoms with van der Waals surface area (Å²) in [5.41, 5.74) is 6.28. The van der Waals surface area contributed by atoms with Crippen LogP contribution in [0.3, 0.4) is 0 Å². The van der Waals surface area contributed by atoms with Crippen molar-refractivity contribution in [3.63, 3.8) is 0 Å². The maximum Gasteiger partial charge on any atom is 0.254 e. The Bertz CT molecular complexity index is 410. The predicted octanol–water partition coefficient (Wildman–Crippen LogP) is 0.531. The summed E-state index contributed by atoms with van der Waals surface area (Å²) in [6.45, 7) is -0.0461. The highest BCUT2D eigenvalue weighted by Crippen LogP contribution is 2.19. The highest BCUT2D eigenvalue weighted by atomic mass is 16.5. The maximum absolute atomic E-state index is 11.5. The Hall–Kier alpha value is -2.22. The number of hydrogen-bond acceptors (Lipinski definition) is 4. The van der Waals surface area contributed by atoms with Crippen molar-refractivity contribution in [3.8, 4) is 11.8 Å². The quantitative estimate of drug-likeness (QED) is 0.556. The predicted molar refractivity (Wildman–Crippen MR) is 55.4 cm³/mol. The standard InChI is InChI=1S/C10H11N3O2/c1-15-7-2-3-9(12)8(6-7)10(14)13-5-4-11/h2-3,6H,5,12H2,1H3,(H,13,14). The van der Waals surface area contributed by atoms with Gasteiger partial charge in [0, 0.05) is 5.69 Å². The molecule has 5 nitrogen and oxygen atoms in total. The van der Waals surface area contributed by atoms with Crippen LogP contribution in [0.4, 0.5) is 5.69 Å². The number of amides is 1. The molecule has 1 aromatic carbocycles. The number of nitrogens with one attached hydrogen (secondary N) is 1. The Morgan fingerprint density at radius 1 is 1.67 bits per heavy atom. The van der Waals surface area contributed by atoms with Crippen molar-refractivity contribution in [1.29, 1.82) is 5.26 Å². The lowest BCUT2D eigenvalue weighted by Gasteiger charge is -2.07. The smallest absolute Gasteiger partial charge is 0.254 e. The van der Waals surface area contributed by atoms with Gasteiger partial charge in [-0.1, -0.05) is 0 Å². The van der Waals surface area contributed by atoms with Gasteiger partial charge in [0.2, 0.25) is 0 Å². The minimum absolute atomic E-state index is 0.0461. The van der Waals surface area contributed by atoms with E-state index in [1.807, 2.05) is 6.07 Å². The van der Waals surface area contributed by atoms with Crippen LogP contribution < -0.4 is 15.8 Å². The Kier molecular flexibility index (Phi) is 3.52.